The van der Waals surface area contributed by atoms with Crippen LogP contribution in [0.25, 0.3) is 5.57 Å². The predicted molar refractivity (Wildman–Crippen MR) is 222 cm³/mol. The van der Waals surface area contributed by atoms with Gasteiger partial charge >= 0.3 is 0 Å². The Morgan fingerprint density at radius 2 is 1.84 bits per heavy atom. The summed E-state index contributed by atoms with van der Waals surface area (Å²) in [7, 11) is 0. The summed E-state index contributed by atoms with van der Waals surface area (Å²) in [5.41, 5.74) is 5.38. The van der Waals surface area contributed by atoms with Gasteiger partial charge in [-0.2, -0.15) is 0 Å². The Labute approximate surface area is 331 Å². The maximum Gasteiger partial charge on any atom is 0.254 e. The van der Waals surface area contributed by atoms with Crippen molar-refractivity contribution in [1.82, 2.24) is 20.0 Å². The van der Waals surface area contributed by atoms with E-state index in [-0.39, 0.29) is 23.8 Å². The molecule has 1 spiro atoms. The number of imide groups is 1. The van der Waals surface area contributed by atoms with Crippen molar-refractivity contribution in [2.75, 3.05) is 52.5 Å². The number of nitrogens with zero attached hydrogens (tertiary/aromatic N) is 3. The molecule has 5 rings (SSSR count). The lowest BCUT2D eigenvalue weighted by atomic mass is 9.89. The number of ether oxygens (including phenoxy) is 2. The summed E-state index contributed by atoms with van der Waals surface area (Å²) in [5.74, 6) is -0.213. The minimum atomic E-state index is -0.617. The number of hydrogen-bond acceptors (Lipinski definition) is 8. The molecule has 0 aromatic heterocycles. The largest absolute Gasteiger partial charge is 0.516 e. The number of allylic oxidation sites excluding steroid dienone is 11. The molecule has 4 heterocycles. The van der Waals surface area contributed by atoms with E-state index >= 15 is 0 Å². The van der Waals surface area contributed by atoms with Gasteiger partial charge in [-0.05, 0) is 84.8 Å². The number of nitrogens with one attached hydrogen (secondary N) is 1. The van der Waals surface area contributed by atoms with Crippen molar-refractivity contribution in [2.24, 2.45) is 0 Å². The van der Waals surface area contributed by atoms with Crippen LogP contribution in [0.1, 0.15) is 51.0 Å². The summed E-state index contributed by atoms with van der Waals surface area (Å²) < 4.78 is 12.5. The van der Waals surface area contributed by atoms with Crippen LogP contribution < -0.4 is 5.32 Å². The molecule has 3 saturated heterocycles. The highest BCUT2D eigenvalue weighted by Crippen LogP contribution is 2.32. The second kappa shape index (κ2) is 20.5. The summed E-state index contributed by atoms with van der Waals surface area (Å²) in [6.45, 7) is 20.3. The fourth-order valence-corrected chi connectivity index (χ4v) is 7.70. The Kier molecular flexibility index (Phi) is 15.2. The molecular weight excluding hydrogens is 705 g/mol. The molecule has 1 aromatic rings. The van der Waals surface area contributed by atoms with Crippen LogP contribution in [0.4, 0.5) is 0 Å². The minimum Gasteiger partial charge on any atom is -0.516 e. The number of likely N-dealkylation sites (tertiary alicyclic amines) is 1. The topological polar surface area (TPSA) is 112 Å². The second-order valence-corrected chi connectivity index (χ2v) is 14.3. The third kappa shape index (κ3) is 10.9. The van der Waals surface area contributed by atoms with Crippen LogP contribution in [0.2, 0.25) is 0 Å². The second-order valence-electron chi connectivity index (χ2n) is 14.3. The predicted octanol–water partition coefficient (Wildman–Crippen LogP) is 6.88. The van der Waals surface area contributed by atoms with Crippen molar-refractivity contribution in [3.63, 3.8) is 0 Å². The summed E-state index contributed by atoms with van der Waals surface area (Å²) in [5, 5.41) is 11.6. The molecule has 0 aliphatic carbocycles. The van der Waals surface area contributed by atoms with Gasteiger partial charge in [0, 0.05) is 57.0 Å². The first-order valence-corrected chi connectivity index (χ1v) is 19.6. The molecule has 1 atom stereocenters. The van der Waals surface area contributed by atoms with Gasteiger partial charge in [0.1, 0.15) is 11.8 Å². The van der Waals surface area contributed by atoms with Crippen LogP contribution in [0.3, 0.4) is 0 Å². The molecule has 3 fully saturated rings. The molecule has 4 aliphatic rings. The van der Waals surface area contributed by atoms with Crippen LogP contribution in [-0.4, -0.2) is 102 Å². The molecule has 10 nitrogen and oxygen atoms in total. The highest BCUT2D eigenvalue weighted by molar-refractivity contribution is 6.05. The first-order valence-electron chi connectivity index (χ1n) is 19.6. The smallest absolute Gasteiger partial charge is 0.254 e. The fraction of sp³-hybridized carbons (Fsp3) is 0.370. The quantitative estimate of drug-likeness (QED) is 0.0766. The fourth-order valence-electron chi connectivity index (χ4n) is 7.70. The van der Waals surface area contributed by atoms with E-state index in [2.05, 4.69) is 60.0 Å². The number of carbonyl (C=O) groups is 3. The van der Waals surface area contributed by atoms with Gasteiger partial charge in [0.2, 0.25) is 11.8 Å². The van der Waals surface area contributed by atoms with E-state index in [9.17, 15) is 19.5 Å². The van der Waals surface area contributed by atoms with Gasteiger partial charge in [0.15, 0.2) is 0 Å². The molecule has 1 unspecified atom stereocenters. The molecule has 4 aliphatic heterocycles. The molecule has 296 valence electrons. The number of aliphatic hydroxyl groups is 1. The lowest BCUT2D eigenvalue weighted by Crippen LogP contribution is -2.56. The van der Waals surface area contributed by atoms with Gasteiger partial charge in [-0.1, -0.05) is 87.4 Å². The molecule has 2 N–H and O–H groups in total. The summed E-state index contributed by atoms with van der Waals surface area (Å²) >= 11 is 0. The maximum absolute atomic E-state index is 13.0. The lowest BCUT2D eigenvalue weighted by Gasteiger charge is -2.48. The number of morpholine rings is 1. The third-order valence-electron chi connectivity index (χ3n) is 10.8. The van der Waals surface area contributed by atoms with E-state index in [0.717, 1.165) is 87.1 Å². The van der Waals surface area contributed by atoms with Crippen molar-refractivity contribution in [2.45, 2.75) is 57.1 Å². The average molecular weight is 761 g/mol. The number of amides is 3. The minimum absolute atomic E-state index is 0.197. The normalized spacial score (nSPS) is 21.6. The van der Waals surface area contributed by atoms with Gasteiger partial charge < -0.3 is 24.4 Å². The van der Waals surface area contributed by atoms with E-state index in [1.807, 2.05) is 48.6 Å². The van der Waals surface area contributed by atoms with Crippen molar-refractivity contribution >= 4 is 23.3 Å². The monoisotopic (exact) mass is 760 g/mol. The van der Waals surface area contributed by atoms with E-state index in [4.69, 9.17) is 9.47 Å². The number of piperidine rings is 2. The van der Waals surface area contributed by atoms with Crippen LogP contribution in [-0.2, 0) is 23.9 Å². The third-order valence-corrected chi connectivity index (χ3v) is 10.8. The van der Waals surface area contributed by atoms with Crippen LogP contribution in [0.15, 0.2) is 145 Å². The Bertz CT molecular complexity index is 1840. The Hall–Kier alpha value is -5.45. The maximum atomic E-state index is 13.0. The highest BCUT2D eigenvalue weighted by Gasteiger charge is 2.40. The van der Waals surface area contributed by atoms with E-state index in [0.29, 0.717) is 37.5 Å². The zero-order valence-electron chi connectivity index (χ0n) is 32.7. The standard InChI is InChI=1S/C46H56N4O6/c1-5-36(16-12-31-51)41(40(7-3)37-14-9-8-10-15-37)18-11-17-39(6-2)55-32-13-26-48-30-33-56-46(34-48)24-28-49(29-25-46)35(4)19-20-38-23-27-50(45(38)54)42-21-22-43(52)47-44(42)53/h5-6,8-12,14-20,23,31,42,51H,1-2,4,7,13,21-22,24-30,32-34H2,3H3,(H,47,52,53)/b18-11+,20-19-,31-12+,36-16+,39-17+,41-40+. The first kappa shape index (κ1) is 41.7. The van der Waals surface area contributed by atoms with E-state index < -0.39 is 11.9 Å². The molecule has 3 amide bonds. The van der Waals surface area contributed by atoms with Crippen molar-refractivity contribution in [1.29, 1.82) is 0 Å². The number of rotatable bonds is 17. The van der Waals surface area contributed by atoms with E-state index in [1.165, 1.54) is 10.5 Å². The summed E-state index contributed by atoms with van der Waals surface area (Å²) in [4.78, 5) is 43.1. The number of aliphatic hydroxyl groups excluding tert-OH is 1. The average Bonchev–Trinajstić information content (AvgIpc) is 3.57. The number of benzene rings is 1. The Morgan fingerprint density at radius 3 is 2.54 bits per heavy atom. The van der Waals surface area contributed by atoms with Gasteiger partial charge in [-0.15, -0.1) is 0 Å². The number of carbonyl (C=O) groups excluding carboxylic acids is 3. The molecule has 0 saturated carbocycles. The lowest BCUT2D eigenvalue weighted by molar-refractivity contribution is -0.142. The molecule has 0 bridgehead atoms. The van der Waals surface area contributed by atoms with Gasteiger partial charge in [0.25, 0.3) is 5.91 Å². The van der Waals surface area contributed by atoms with Crippen molar-refractivity contribution in [3.05, 3.63) is 151 Å². The van der Waals surface area contributed by atoms with Crippen LogP contribution in [0, 0.1) is 0 Å². The molecule has 56 heavy (non-hydrogen) atoms. The highest BCUT2D eigenvalue weighted by atomic mass is 16.5. The Morgan fingerprint density at radius 1 is 1.05 bits per heavy atom. The molecular formula is C46H56N4O6. The van der Waals surface area contributed by atoms with E-state index in [1.54, 1.807) is 24.3 Å². The SMILES string of the molecule is C=C\C(=C/C=C/C(C(/C=C)=C/C=C/O)=C(/CC)c1ccccc1)OCCCN1CCOC2(CCN(C(=C)/C=C\C3=CCN(C4CCC(=O)NC4=O)C3=O)CC2)C1. The van der Waals surface area contributed by atoms with Gasteiger partial charge in [-0.25, -0.2) is 0 Å². The van der Waals surface area contributed by atoms with Crippen molar-refractivity contribution < 1.29 is 29.0 Å². The zero-order chi connectivity index (χ0) is 39.9. The molecule has 0 radical (unpaired) electrons. The Balaban J connectivity index is 1.08. The zero-order valence-corrected chi connectivity index (χ0v) is 32.7. The first-order chi connectivity index (χ1) is 27.2. The van der Waals surface area contributed by atoms with Gasteiger partial charge in [0.05, 0.1) is 25.1 Å². The van der Waals surface area contributed by atoms with Crippen LogP contribution in [0.5, 0.6) is 0 Å². The molecule has 1 aromatic carbocycles. The van der Waals surface area contributed by atoms with Crippen LogP contribution >= 0.6 is 0 Å². The summed E-state index contributed by atoms with van der Waals surface area (Å²) in [6.07, 6.45) is 23.4. The van der Waals surface area contributed by atoms with Gasteiger partial charge in [-0.3, -0.25) is 24.6 Å². The molecule has 10 heteroatoms. The number of hydrogen-bond donors (Lipinski definition) is 2. The summed E-state index contributed by atoms with van der Waals surface area (Å²) in [6, 6.07) is 9.65. The van der Waals surface area contributed by atoms with Crippen molar-refractivity contribution in [3.8, 4) is 0 Å².